The highest BCUT2D eigenvalue weighted by Crippen LogP contribution is 2.18. The van der Waals surface area contributed by atoms with E-state index in [0.29, 0.717) is 6.42 Å². The number of hydrogen-bond donors (Lipinski definition) is 2. The molecule has 1 saturated heterocycles. The summed E-state index contributed by atoms with van der Waals surface area (Å²) in [5.74, 6) is -1.28. The van der Waals surface area contributed by atoms with Gasteiger partial charge in [0.15, 0.2) is 11.6 Å². The minimum absolute atomic E-state index is 0.104. The Morgan fingerprint density at radius 3 is 2.18 bits per heavy atom. The summed E-state index contributed by atoms with van der Waals surface area (Å²) in [6, 6.07) is -0.127. The number of amides is 1. The molecular formula is C12H23NO4. The number of ketones is 1. The first kappa shape index (κ1) is 16.1. The van der Waals surface area contributed by atoms with E-state index < -0.39 is 5.79 Å². The topological polar surface area (TPSA) is 77.8 Å². The van der Waals surface area contributed by atoms with Gasteiger partial charge in [-0.25, -0.2) is 0 Å². The van der Waals surface area contributed by atoms with Crippen LogP contribution in [0.15, 0.2) is 0 Å². The van der Waals surface area contributed by atoms with Gasteiger partial charge in [-0.15, -0.1) is 0 Å². The minimum atomic E-state index is -1.50. The number of rotatable bonds is 2. The number of aliphatic hydroxyl groups is 2. The van der Waals surface area contributed by atoms with Crippen LogP contribution >= 0.6 is 0 Å². The Labute approximate surface area is 102 Å². The molecule has 0 saturated carbocycles. The molecule has 2 N–H and O–H groups in total. The standard InChI is InChI=1S/C9H15NO2.C3H8O2/c1-3-9(12)10-6-4-5-8(10)7(2)11;1-3(2,4)5/h8H,3-6H2,1-2H3;4-5H,1-2H3. The maximum atomic E-state index is 11.3. The van der Waals surface area contributed by atoms with Crippen molar-refractivity contribution in [1.29, 1.82) is 0 Å². The van der Waals surface area contributed by atoms with Crippen LogP contribution in [0.1, 0.15) is 47.0 Å². The smallest absolute Gasteiger partial charge is 0.222 e. The second kappa shape index (κ2) is 6.71. The maximum Gasteiger partial charge on any atom is 0.222 e. The lowest BCUT2D eigenvalue weighted by Gasteiger charge is -2.21. The van der Waals surface area contributed by atoms with Crippen LogP contribution < -0.4 is 0 Å². The second-order valence-electron chi connectivity index (χ2n) is 4.70. The number of carbonyl (C=O) groups is 2. The molecule has 1 rings (SSSR count). The van der Waals surface area contributed by atoms with Crippen LogP contribution in [0.4, 0.5) is 0 Å². The summed E-state index contributed by atoms with van der Waals surface area (Å²) in [6.07, 6.45) is 2.32. The Balaban J connectivity index is 0.000000437. The first-order valence-corrected chi connectivity index (χ1v) is 5.91. The highest BCUT2D eigenvalue weighted by atomic mass is 16.5. The van der Waals surface area contributed by atoms with E-state index in [2.05, 4.69) is 0 Å². The summed E-state index contributed by atoms with van der Waals surface area (Å²) in [5, 5.41) is 16.2. The van der Waals surface area contributed by atoms with Crippen LogP contribution in [-0.2, 0) is 9.59 Å². The van der Waals surface area contributed by atoms with Crippen molar-refractivity contribution in [2.75, 3.05) is 6.54 Å². The molecule has 1 atom stereocenters. The third kappa shape index (κ3) is 7.07. The summed E-state index contributed by atoms with van der Waals surface area (Å²) in [6.45, 7) is 6.75. The third-order valence-electron chi connectivity index (χ3n) is 2.34. The summed E-state index contributed by atoms with van der Waals surface area (Å²) in [7, 11) is 0. The lowest BCUT2D eigenvalue weighted by atomic mass is 10.1. The van der Waals surface area contributed by atoms with Gasteiger partial charge in [0, 0.05) is 13.0 Å². The molecule has 0 aromatic carbocycles. The zero-order valence-corrected chi connectivity index (χ0v) is 11.1. The fraction of sp³-hybridized carbons (Fsp3) is 0.833. The number of hydrogen-bond acceptors (Lipinski definition) is 4. The molecule has 1 aliphatic heterocycles. The molecule has 1 aliphatic rings. The van der Waals surface area contributed by atoms with Gasteiger partial charge in [0.25, 0.3) is 0 Å². The predicted octanol–water partition coefficient (Wildman–Crippen LogP) is 0.684. The van der Waals surface area contributed by atoms with Gasteiger partial charge in [0.05, 0.1) is 6.04 Å². The molecule has 1 unspecified atom stereocenters. The Hall–Kier alpha value is -0.940. The molecule has 1 amide bonds. The van der Waals surface area contributed by atoms with Crippen LogP contribution in [0.3, 0.4) is 0 Å². The average molecular weight is 245 g/mol. The molecule has 5 nitrogen and oxygen atoms in total. The van der Waals surface area contributed by atoms with Gasteiger partial charge in [0.1, 0.15) is 0 Å². The highest BCUT2D eigenvalue weighted by Gasteiger charge is 2.30. The number of Topliss-reactive ketones (excluding diaryl/α,β-unsaturated/α-hetero) is 1. The second-order valence-corrected chi connectivity index (χ2v) is 4.70. The van der Waals surface area contributed by atoms with Crippen molar-refractivity contribution in [2.45, 2.75) is 58.8 Å². The number of likely N-dealkylation sites (tertiary alicyclic amines) is 1. The third-order valence-corrected chi connectivity index (χ3v) is 2.34. The van der Waals surface area contributed by atoms with Gasteiger partial charge >= 0.3 is 0 Å². The van der Waals surface area contributed by atoms with E-state index in [1.807, 2.05) is 6.92 Å². The van der Waals surface area contributed by atoms with Crippen molar-refractivity contribution in [1.82, 2.24) is 4.90 Å². The molecule has 100 valence electrons. The van der Waals surface area contributed by atoms with Crippen molar-refractivity contribution in [3.8, 4) is 0 Å². The van der Waals surface area contributed by atoms with Gasteiger partial charge in [-0.1, -0.05) is 6.92 Å². The van der Waals surface area contributed by atoms with E-state index in [9.17, 15) is 9.59 Å². The lowest BCUT2D eigenvalue weighted by molar-refractivity contribution is -0.136. The van der Waals surface area contributed by atoms with Crippen LogP contribution in [0.2, 0.25) is 0 Å². The molecule has 17 heavy (non-hydrogen) atoms. The molecule has 0 radical (unpaired) electrons. The van der Waals surface area contributed by atoms with Crippen molar-refractivity contribution < 1.29 is 19.8 Å². The summed E-state index contributed by atoms with van der Waals surface area (Å²) >= 11 is 0. The molecule has 5 heteroatoms. The summed E-state index contributed by atoms with van der Waals surface area (Å²) in [4.78, 5) is 24.1. The van der Waals surface area contributed by atoms with Crippen LogP contribution in [0.25, 0.3) is 0 Å². The molecule has 0 aliphatic carbocycles. The molecule has 0 spiro atoms. The first-order valence-electron chi connectivity index (χ1n) is 5.91. The number of carbonyl (C=O) groups excluding carboxylic acids is 2. The van der Waals surface area contributed by atoms with Gasteiger partial charge in [-0.05, 0) is 33.6 Å². The first-order chi connectivity index (χ1) is 7.66. The Morgan fingerprint density at radius 2 is 1.82 bits per heavy atom. The van der Waals surface area contributed by atoms with Crippen LogP contribution in [-0.4, -0.2) is 45.2 Å². The van der Waals surface area contributed by atoms with E-state index in [-0.39, 0.29) is 17.7 Å². The van der Waals surface area contributed by atoms with Crippen molar-refractivity contribution in [2.24, 2.45) is 0 Å². The van der Waals surface area contributed by atoms with Crippen molar-refractivity contribution in [3.05, 3.63) is 0 Å². The molecule has 0 aromatic heterocycles. The maximum absolute atomic E-state index is 11.3. The Kier molecular flexibility index (Phi) is 6.34. The molecular weight excluding hydrogens is 222 g/mol. The quantitative estimate of drug-likeness (QED) is 0.701. The minimum Gasteiger partial charge on any atom is -0.366 e. The fourth-order valence-corrected chi connectivity index (χ4v) is 1.69. The van der Waals surface area contributed by atoms with E-state index in [0.717, 1.165) is 19.4 Å². The van der Waals surface area contributed by atoms with Gasteiger partial charge < -0.3 is 15.1 Å². The Morgan fingerprint density at radius 1 is 1.35 bits per heavy atom. The lowest BCUT2D eigenvalue weighted by Crippen LogP contribution is -2.39. The molecule has 1 fully saturated rings. The summed E-state index contributed by atoms with van der Waals surface area (Å²) < 4.78 is 0. The van der Waals surface area contributed by atoms with Crippen LogP contribution in [0.5, 0.6) is 0 Å². The Bertz CT molecular complexity index is 264. The zero-order valence-electron chi connectivity index (χ0n) is 11.1. The predicted molar refractivity (Wildman–Crippen MR) is 64.2 cm³/mol. The summed E-state index contributed by atoms with van der Waals surface area (Å²) in [5.41, 5.74) is 0. The molecule has 0 bridgehead atoms. The van der Waals surface area contributed by atoms with E-state index in [1.54, 1.807) is 11.8 Å². The SMILES string of the molecule is CC(C)(O)O.CCC(=O)N1CCCC1C(C)=O. The van der Waals surface area contributed by atoms with Crippen LogP contribution in [0, 0.1) is 0 Å². The van der Waals surface area contributed by atoms with Gasteiger partial charge in [0.2, 0.25) is 5.91 Å². The van der Waals surface area contributed by atoms with Gasteiger partial charge in [-0.3, -0.25) is 9.59 Å². The fourth-order valence-electron chi connectivity index (χ4n) is 1.69. The monoisotopic (exact) mass is 245 g/mol. The van der Waals surface area contributed by atoms with Crippen molar-refractivity contribution >= 4 is 11.7 Å². The zero-order chi connectivity index (χ0) is 13.6. The van der Waals surface area contributed by atoms with Gasteiger partial charge in [-0.2, -0.15) is 0 Å². The van der Waals surface area contributed by atoms with E-state index in [1.165, 1.54) is 13.8 Å². The van der Waals surface area contributed by atoms with E-state index >= 15 is 0 Å². The molecule has 1 heterocycles. The van der Waals surface area contributed by atoms with Crippen molar-refractivity contribution in [3.63, 3.8) is 0 Å². The number of nitrogens with zero attached hydrogens (tertiary/aromatic N) is 1. The average Bonchev–Trinajstić information content (AvgIpc) is 2.62. The largest absolute Gasteiger partial charge is 0.366 e. The normalized spacial score (nSPS) is 19.6. The van der Waals surface area contributed by atoms with E-state index in [4.69, 9.17) is 10.2 Å². The molecule has 0 aromatic rings. The highest BCUT2D eigenvalue weighted by molar-refractivity contribution is 5.87.